The number of hydrogen-bond acceptors (Lipinski definition) is 3. The van der Waals surface area contributed by atoms with Gasteiger partial charge in [0.25, 0.3) is 0 Å². The zero-order chi connectivity index (χ0) is 11.1. The van der Waals surface area contributed by atoms with E-state index in [-0.39, 0.29) is 6.09 Å². The van der Waals surface area contributed by atoms with Gasteiger partial charge in [0.05, 0.1) is 0 Å². The molecular formula is C11H19N2O2. The van der Waals surface area contributed by atoms with Crippen molar-refractivity contribution in [1.29, 1.82) is 0 Å². The normalized spacial score (nSPS) is 30.5. The number of amides is 1. The lowest BCUT2D eigenvalue weighted by atomic mass is 10.1. The van der Waals surface area contributed by atoms with Gasteiger partial charge in [0, 0.05) is 25.7 Å². The first-order valence-electron chi connectivity index (χ1n) is 5.51. The third kappa shape index (κ3) is 2.43. The fourth-order valence-corrected chi connectivity index (χ4v) is 2.15. The molecule has 2 aliphatic heterocycles. The highest BCUT2D eigenvalue weighted by Gasteiger charge is 2.39. The van der Waals surface area contributed by atoms with Crippen LogP contribution in [0.15, 0.2) is 0 Å². The maximum Gasteiger partial charge on any atom is 0.410 e. The highest BCUT2D eigenvalue weighted by molar-refractivity contribution is 5.68. The van der Waals surface area contributed by atoms with E-state index in [9.17, 15) is 4.79 Å². The summed E-state index contributed by atoms with van der Waals surface area (Å²) in [4.78, 5) is 13.6. The van der Waals surface area contributed by atoms with Crippen LogP contribution in [0.1, 0.15) is 27.2 Å². The minimum absolute atomic E-state index is 0.182. The van der Waals surface area contributed by atoms with Crippen molar-refractivity contribution in [3.63, 3.8) is 0 Å². The van der Waals surface area contributed by atoms with Gasteiger partial charge in [-0.05, 0) is 33.1 Å². The van der Waals surface area contributed by atoms with Gasteiger partial charge in [0.15, 0.2) is 0 Å². The zero-order valence-electron chi connectivity index (χ0n) is 9.62. The second kappa shape index (κ2) is 3.67. The molecule has 0 saturated carbocycles. The second-order valence-corrected chi connectivity index (χ2v) is 5.36. The molecule has 1 radical (unpaired) electrons. The minimum atomic E-state index is -0.395. The summed E-state index contributed by atoms with van der Waals surface area (Å²) in [5, 5.41) is 3.29. The fourth-order valence-electron chi connectivity index (χ4n) is 2.15. The molecule has 2 saturated heterocycles. The predicted molar refractivity (Wildman–Crippen MR) is 57.1 cm³/mol. The van der Waals surface area contributed by atoms with Crippen LogP contribution < -0.4 is 5.32 Å². The topological polar surface area (TPSA) is 41.6 Å². The Morgan fingerprint density at radius 3 is 2.80 bits per heavy atom. The SMILES string of the molecule is CC(C)(C)OC(=O)N1CC2C[CH]NC2C1. The van der Waals surface area contributed by atoms with E-state index in [0.29, 0.717) is 12.0 Å². The third-order valence-electron chi connectivity index (χ3n) is 2.85. The molecule has 4 nitrogen and oxygen atoms in total. The maximum absolute atomic E-state index is 11.8. The average molecular weight is 211 g/mol. The van der Waals surface area contributed by atoms with E-state index in [2.05, 4.69) is 11.9 Å². The number of likely N-dealkylation sites (tertiary alicyclic amines) is 1. The lowest BCUT2D eigenvalue weighted by Gasteiger charge is -2.24. The summed E-state index contributed by atoms with van der Waals surface area (Å²) in [6, 6.07) is 0.442. The molecule has 4 heteroatoms. The lowest BCUT2D eigenvalue weighted by molar-refractivity contribution is 0.0284. The van der Waals surface area contributed by atoms with E-state index in [4.69, 9.17) is 4.74 Å². The molecular weight excluding hydrogens is 192 g/mol. The maximum atomic E-state index is 11.8. The van der Waals surface area contributed by atoms with E-state index in [1.54, 1.807) is 4.90 Å². The number of rotatable bonds is 0. The number of carbonyl (C=O) groups is 1. The first-order valence-corrected chi connectivity index (χ1v) is 5.51. The Morgan fingerprint density at radius 2 is 2.20 bits per heavy atom. The number of ether oxygens (including phenoxy) is 1. The van der Waals surface area contributed by atoms with E-state index in [1.807, 2.05) is 20.8 Å². The van der Waals surface area contributed by atoms with Gasteiger partial charge in [-0.15, -0.1) is 0 Å². The molecule has 0 aromatic carbocycles. The largest absolute Gasteiger partial charge is 0.444 e. The fraction of sp³-hybridized carbons (Fsp3) is 0.818. The van der Waals surface area contributed by atoms with Crippen molar-refractivity contribution in [1.82, 2.24) is 10.2 Å². The first-order chi connectivity index (χ1) is 6.96. The highest BCUT2D eigenvalue weighted by atomic mass is 16.6. The van der Waals surface area contributed by atoms with Gasteiger partial charge in [0.2, 0.25) is 0 Å². The Morgan fingerprint density at radius 1 is 1.47 bits per heavy atom. The Labute approximate surface area is 91.0 Å². The second-order valence-electron chi connectivity index (χ2n) is 5.36. The number of carbonyl (C=O) groups excluding carboxylic acids is 1. The number of hydrogen-bond donors (Lipinski definition) is 1. The van der Waals surface area contributed by atoms with Crippen molar-refractivity contribution in [3.8, 4) is 0 Å². The van der Waals surface area contributed by atoms with Gasteiger partial charge in [-0.2, -0.15) is 0 Å². The quantitative estimate of drug-likeness (QED) is 0.658. The van der Waals surface area contributed by atoms with Crippen molar-refractivity contribution < 1.29 is 9.53 Å². The molecule has 2 heterocycles. The molecule has 15 heavy (non-hydrogen) atoms. The Balaban J connectivity index is 1.88. The molecule has 2 rings (SSSR count). The van der Waals surface area contributed by atoms with Crippen molar-refractivity contribution in [3.05, 3.63) is 6.54 Å². The van der Waals surface area contributed by atoms with Crippen LogP contribution in [-0.4, -0.2) is 35.7 Å². The molecule has 2 atom stereocenters. The Bertz CT molecular complexity index is 248. The predicted octanol–water partition coefficient (Wildman–Crippen LogP) is 1.38. The molecule has 0 aromatic heterocycles. The molecule has 2 unspecified atom stereocenters. The van der Waals surface area contributed by atoms with Crippen LogP contribution in [-0.2, 0) is 4.74 Å². The van der Waals surface area contributed by atoms with Crippen LogP contribution >= 0.6 is 0 Å². The smallest absolute Gasteiger partial charge is 0.410 e. The van der Waals surface area contributed by atoms with E-state index in [1.165, 1.54) is 0 Å². The Kier molecular flexibility index (Phi) is 2.63. The highest BCUT2D eigenvalue weighted by Crippen LogP contribution is 2.27. The van der Waals surface area contributed by atoms with Crippen molar-refractivity contribution in [2.45, 2.75) is 38.8 Å². The molecule has 0 aromatic rings. The van der Waals surface area contributed by atoms with Gasteiger partial charge in [-0.25, -0.2) is 4.79 Å². The number of fused-ring (bicyclic) bond motifs is 1. The summed E-state index contributed by atoms with van der Waals surface area (Å²) in [6.07, 6.45) is 0.878. The van der Waals surface area contributed by atoms with E-state index >= 15 is 0 Å². The molecule has 85 valence electrons. The summed E-state index contributed by atoms with van der Waals surface area (Å²) in [5.41, 5.74) is -0.395. The molecule has 2 aliphatic rings. The summed E-state index contributed by atoms with van der Waals surface area (Å²) in [7, 11) is 0. The summed E-state index contributed by atoms with van der Waals surface area (Å²) >= 11 is 0. The van der Waals surface area contributed by atoms with Crippen LogP contribution in [0.4, 0.5) is 4.79 Å². The van der Waals surface area contributed by atoms with Gasteiger partial charge in [-0.1, -0.05) is 0 Å². The van der Waals surface area contributed by atoms with Crippen molar-refractivity contribution >= 4 is 6.09 Å². The molecule has 0 spiro atoms. The van der Waals surface area contributed by atoms with Crippen LogP contribution in [0.2, 0.25) is 0 Å². The average Bonchev–Trinajstić information content (AvgIpc) is 2.56. The minimum Gasteiger partial charge on any atom is -0.444 e. The lowest BCUT2D eigenvalue weighted by Crippen LogP contribution is -2.37. The molecule has 2 fully saturated rings. The molecule has 1 N–H and O–H groups in total. The van der Waals surface area contributed by atoms with Crippen molar-refractivity contribution in [2.24, 2.45) is 5.92 Å². The van der Waals surface area contributed by atoms with Crippen molar-refractivity contribution in [2.75, 3.05) is 13.1 Å². The van der Waals surface area contributed by atoms with Gasteiger partial charge < -0.3 is 15.0 Å². The molecule has 0 bridgehead atoms. The Hall–Kier alpha value is -0.770. The first kappa shape index (κ1) is 10.7. The summed E-state index contributed by atoms with van der Waals surface area (Å²) < 4.78 is 5.34. The number of nitrogens with zero attached hydrogens (tertiary/aromatic N) is 1. The van der Waals surface area contributed by atoms with Crippen LogP contribution in [0.3, 0.4) is 0 Å². The summed E-state index contributed by atoms with van der Waals surface area (Å²) in [5.74, 6) is 0.581. The van der Waals surface area contributed by atoms with Crippen LogP contribution in [0.25, 0.3) is 0 Å². The standard InChI is InChI=1S/C11H19N2O2/c1-11(2,3)15-10(14)13-6-8-4-5-12-9(8)7-13/h5,8-9,12H,4,6-7H2,1-3H3. The van der Waals surface area contributed by atoms with Crippen LogP contribution in [0, 0.1) is 12.5 Å². The van der Waals surface area contributed by atoms with E-state index < -0.39 is 5.60 Å². The van der Waals surface area contributed by atoms with Crippen LogP contribution in [0.5, 0.6) is 0 Å². The van der Waals surface area contributed by atoms with Gasteiger partial charge in [-0.3, -0.25) is 0 Å². The van der Waals surface area contributed by atoms with E-state index in [0.717, 1.165) is 19.5 Å². The summed E-state index contributed by atoms with van der Waals surface area (Å²) in [6.45, 7) is 9.39. The third-order valence-corrected chi connectivity index (χ3v) is 2.85. The molecule has 1 amide bonds. The van der Waals surface area contributed by atoms with Gasteiger partial charge >= 0.3 is 6.09 Å². The zero-order valence-corrected chi connectivity index (χ0v) is 9.62. The monoisotopic (exact) mass is 211 g/mol. The number of nitrogens with one attached hydrogen (secondary N) is 1. The van der Waals surface area contributed by atoms with Gasteiger partial charge in [0.1, 0.15) is 5.60 Å². The molecule has 0 aliphatic carbocycles.